The zero-order valence-electron chi connectivity index (χ0n) is 15.8. The van der Waals surface area contributed by atoms with E-state index in [9.17, 15) is 4.79 Å². The van der Waals surface area contributed by atoms with E-state index in [-0.39, 0.29) is 12.5 Å². The molecule has 25 heavy (non-hydrogen) atoms. The molecule has 138 valence electrons. The van der Waals surface area contributed by atoms with Crippen molar-refractivity contribution in [3.63, 3.8) is 0 Å². The third kappa shape index (κ3) is 7.16. The zero-order valence-corrected chi connectivity index (χ0v) is 15.8. The van der Waals surface area contributed by atoms with E-state index in [4.69, 9.17) is 0 Å². The van der Waals surface area contributed by atoms with Crippen LogP contribution in [0.4, 0.5) is 0 Å². The second-order valence-corrected chi connectivity index (χ2v) is 7.18. The van der Waals surface area contributed by atoms with Gasteiger partial charge in [0.1, 0.15) is 0 Å². The van der Waals surface area contributed by atoms with Gasteiger partial charge in [-0.2, -0.15) is 0 Å². The van der Waals surface area contributed by atoms with Crippen molar-refractivity contribution in [1.82, 2.24) is 15.5 Å². The lowest BCUT2D eigenvalue weighted by atomic mass is 9.89. The van der Waals surface area contributed by atoms with Crippen LogP contribution in [0, 0.1) is 12.8 Å². The second kappa shape index (κ2) is 10.1. The summed E-state index contributed by atoms with van der Waals surface area (Å²) >= 11 is 0. The van der Waals surface area contributed by atoms with Crippen LogP contribution in [0.25, 0.3) is 0 Å². The minimum atomic E-state index is 0.0442. The molecule has 5 nitrogen and oxygen atoms in total. The first-order chi connectivity index (χ1) is 12.0. The number of amides is 1. The molecule has 0 aliphatic heterocycles. The lowest BCUT2D eigenvalue weighted by Crippen LogP contribution is -2.44. The number of benzene rings is 1. The SMILES string of the molecule is Cc1cccc(CN=C(NCC(=O)N(C)C)NCC2CCCCC2)c1. The number of likely N-dealkylation sites (N-methyl/N-ethyl adjacent to an activating group) is 1. The first-order valence-electron chi connectivity index (χ1n) is 9.32. The molecule has 0 saturated heterocycles. The molecule has 1 aliphatic carbocycles. The molecule has 2 rings (SSSR count). The Bertz CT molecular complexity index is 577. The fourth-order valence-electron chi connectivity index (χ4n) is 3.10. The van der Waals surface area contributed by atoms with E-state index in [0.29, 0.717) is 12.5 Å². The summed E-state index contributed by atoms with van der Waals surface area (Å²) in [7, 11) is 3.53. The highest BCUT2D eigenvalue weighted by atomic mass is 16.2. The quantitative estimate of drug-likeness (QED) is 0.616. The van der Waals surface area contributed by atoms with Crippen LogP contribution in [0.3, 0.4) is 0 Å². The molecule has 0 aromatic heterocycles. The van der Waals surface area contributed by atoms with E-state index in [2.05, 4.69) is 46.8 Å². The summed E-state index contributed by atoms with van der Waals surface area (Å²) in [4.78, 5) is 18.1. The standard InChI is InChI=1S/C20H32N4O/c1-16-8-7-11-18(12-16)14-22-20(23-15-19(25)24(2)3)21-13-17-9-5-4-6-10-17/h7-8,11-12,17H,4-6,9-10,13-15H2,1-3H3,(H2,21,22,23). The van der Waals surface area contributed by atoms with Crippen molar-refractivity contribution in [2.24, 2.45) is 10.9 Å². The van der Waals surface area contributed by atoms with Crippen molar-refractivity contribution in [2.45, 2.75) is 45.6 Å². The molecule has 0 unspecified atom stereocenters. The average Bonchev–Trinajstić information content (AvgIpc) is 2.61. The summed E-state index contributed by atoms with van der Waals surface area (Å²) in [5, 5.41) is 6.61. The minimum Gasteiger partial charge on any atom is -0.356 e. The maximum absolute atomic E-state index is 11.9. The Balaban J connectivity index is 1.94. The van der Waals surface area contributed by atoms with Gasteiger partial charge in [-0.1, -0.05) is 49.1 Å². The van der Waals surface area contributed by atoms with Gasteiger partial charge in [0, 0.05) is 20.6 Å². The molecule has 2 N–H and O–H groups in total. The fourth-order valence-corrected chi connectivity index (χ4v) is 3.10. The lowest BCUT2D eigenvalue weighted by molar-refractivity contribution is -0.127. The maximum atomic E-state index is 11.9. The molecule has 0 heterocycles. The van der Waals surface area contributed by atoms with Crippen molar-refractivity contribution < 1.29 is 4.79 Å². The molecule has 0 bridgehead atoms. The van der Waals surface area contributed by atoms with E-state index in [1.807, 2.05) is 0 Å². The molecule has 1 saturated carbocycles. The van der Waals surface area contributed by atoms with Gasteiger partial charge in [-0.05, 0) is 31.2 Å². The van der Waals surface area contributed by atoms with Crippen LogP contribution in [0.1, 0.15) is 43.2 Å². The average molecular weight is 345 g/mol. The highest BCUT2D eigenvalue weighted by Gasteiger charge is 2.14. The molecule has 0 spiro atoms. The van der Waals surface area contributed by atoms with Gasteiger partial charge >= 0.3 is 0 Å². The number of carbonyl (C=O) groups is 1. The summed E-state index contributed by atoms with van der Waals surface area (Å²) in [5.41, 5.74) is 2.41. The van der Waals surface area contributed by atoms with Gasteiger partial charge in [0.2, 0.25) is 5.91 Å². The van der Waals surface area contributed by atoms with E-state index in [1.165, 1.54) is 43.2 Å². The van der Waals surface area contributed by atoms with Crippen molar-refractivity contribution >= 4 is 11.9 Å². The number of rotatable bonds is 6. The molecule has 0 radical (unpaired) electrons. The summed E-state index contributed by atoms with van der Waals surface area (Å²) in [6.07, 6.45) is 6.59. The maximum Gasteiger partial charge on any atom is 0.241 e. The molecule has 1 aromatic rings. The highest BCUT2D eigenvalue weighted by molar-refractivity contribution is 5.86. The molecule has 1 amide bonds. The Hall–Kier alpha value is -2.04. The van der Waals surface area contributed by atoms with Gasteiger partial charge in [0.05, 0.1) is 13.1 Å². The van der Waals surface area contributed by atoms with Crippen LogP contribution in [-0.2, 0) is 11.3 Å². The van der Waals surface area contributed by atoms with Crippen molar-refractivity contribution in [1.29, 1.82) is 0 Å². The van der Waals surface area contributed by atoms with Crippen LogP contribution in [0.2, 0.25) is 0 Å². The number of guanidine groups is 1. The number of aryl methyl sites for hydroxylation is 1. The number of nitrogens with zero attached hydrogens (tertiary/aromatic N) is 2. The van der Waals surface area contributed by atoms with Crippen LogP contribution in [-0.4, -0.2) is 44.0 Å². The van der Waals surface area contributed by atoms with Gasteiger partial charge < -0.3 is 15.5 Å². The molecule has 1 aromatic carbocycles. The molecular formula is C20H32N4O. The number of carbonyl (C=O) groups excluding carboxylic acids is 1. The number of hydrogen-bond acceptors (Lipinski definition) is 2. The zero-order chi connectivity index (χ0) is 18.1. The van der Waals surface area contributed by atoms with Gasteiger partial charge in [-0.15, -0.1) is 0 Å². The Morgan fingerprint density at radius 1 is 1.20 bits per heavy atom. The van der Waals surface area contributed by atoms with Gasteiger partial charge in [0.15, 0.2) is 5.96 Å². The van der Waals surface area contributed by atoms with E-state index >= 15 is 0 Å². The van der Waals surface area contributed by atoms with Crippen LogP contribution >= 0.6 is 0 Å². The third-order valence-electron chi connectivity index (χ3n) is 4.69. The molecule has 1 fully saturated rings. The minimum absolute atomic E-state index is 0.0442. The van der Waals surface area contributed by atoms with Crippen LogP contribution in [0.15, 0.2) is 29.3 Å². The van der Waals surface area contributed by atoms with Gasteiger partial charge in [-0.25, -0.2) is 4.99 Å². The number of hydrogen-bond donors (Lipinski definition) is 2. The van der Waals surface area contributed by atoms with Crippen molar-refractivity contribution in [3.8, 4) is 0 Å². The van der Waals surface area contributed by atoms with Crippen LogP contribution in [0.5, 0.6) is 0 Å². The monoisotopic (exact) mass is 344 g/mol. The van der Waals surface area contributed by atoms with Crippen LogP contribution < -0.4 is 10.6 Å². The summed E-state index contributed by atoms with van der Waals surface area (Å²) in [6.45, 7) is 3.88. The molecular weight excluding hydrogens is 312 g/mol. The van der Waals surface area contributed by atoms with Gasteiger partial charge in [0.25, 0.3) is 0 Å². The Kier molecular flexibility index (Phi) is 7.76. The largest absolute Gasteiger partial charge is 0.356 e. The van der Waals surface area contributed by atoms with Gasteiger partial charge in [-0.3, -0.25) is 4.79 Å². The third-order valence-corrected chi connectivity index (χ3v) is 4.69. The first-order valence-corrected chi connectivity index (χ1v) is 9.32. The molecule has 5 heteroatoms. The summed E-state index contributed by atoms with van der Waals surface area (Å²) in [6, 6.07) is 8.37. The highest BCUT2D eigenvalue weighted by Crippen LogP contribution is 2.22. The lowest BCUT2D eigenvalue weighted by Gasteiger charge is -2.23. The second-order valence-electron chi connectivity index (χ2n) is 7.18. The number of nitrogens with one attached hydrogen (secondary N) is 2. The van der Waals surface area contributed by atoms with E-state index in [1.54, 1.807) is 19.0 Å². The molecule has 1 aliphatic rings. The first kappa shape index (κ1) is 19.3. The normalized spacial score (nSPS) is 15.7. The summed E-state index contributed by atoms with van der Waals surface area (Å²) < 4.78 is 0. The topological polar surface area (TPSA) is 56.7 Å². The Labute approximate surface area is 151 Å². The van der Waals surface area contributed by atoms with E-state index in [0.717, 1.165) is 12.5 Å². The predicted octanol–water partition coefficient (Wildman–Crippen LogP) is 2.70. The Morgan fingerprint density at radius 3 is 2.64 bits per heavy atom. The molecule has 0 atom stereocenters. The smallest absolute Gasteiger partial charge is 0.241 e. The summed E-state index contributed by atoms with van der Waals surface area (Å²) in [5.74, 6) is 1.48. The fraction of sp³-hybridized carbons (Fsp3) is 0.600. The van der Waals surface area contributed by atoms with E-state index < -0.39 is 0 Å². The predicted molar refractivity (Wildman–Crippen MR) is 104 cm³/mol. The number of aliphatic imine (C=N–C) groups is 1. The van der Waals surface area contributed by atoms with Crippen molar-refractivity contribution in [3.05, 3.63) is 35.4 Å². The van der Waals surface area contributed by atoms with Crippen molar-refractivity contribution in [2.75, 3.05) is 27.2 Å². The Morgan fingerprint density at radius 2 is 1.96 bits per heavy atom.